The topological polar surface area (TPSA) is 50.2 Å². The van der Waals surface area contributed by atoms with Gasteiger partial charge in [0.15, 0.2) is 5.69 Å². The molecular weight excluding hydrogens is 369 g/mol. The lowest BCUT2D eigenvalue weighted by Crippen LogP contribution is -2.27. The van der Waals surface area contributed by atoms with Crippen LogP contribution in [0.1, 0.15) is 42.5 Å². The zero-order chi connectivity index (χ0) is 20.0. The number of rotatable bonds is 6. The van der Waals surface area contributed by atoms with Crippen LogP contribution >= 0.6 is 0 Å². The molecule has 3 rings (SSSR count). The molecule has 0 saturated carbocycles. The number of hydrogen-bond donors (Lipinski definition) is 1. The summed E-state index contributed by atoms with van der Waals surface area (Å²) in [5.74, 6) is -0.380. The molecule has 1 aliphatic heterocycles. The Hall–Kier alpha value is -2.35. The highest BCUT2D eigenvalue weighted by Gasteiger charge is 2.33. The minimum absolute atomic E-state index is 0.246. The van der Waals surface area contributed by atoms with Crippen LogP contribution < -0.4 is 5.32 Å². The molecule has 2 aromatic rings. The van der Waals surface area contributed by atoms with Gasteiger partial charge in [0.2, 0.25) is 5.91 Å². The number of benzene rings is 1. The quantitative estimate of drug-likeness (QED) is 0.815. The first-order chi connectivity index (χ1) is 13.4. The Morgan fingerprint density at radius 2 is 1.79 bits per heavy atom. The van der Waals surface area contributed by atoms with Gasteiger partial charge in [0.05, 0.1) is 0 Å². The molecule has 0 atom stereocenters. The van der Waals surface area contributed by atoms with Crippen molar-refractivity contribution in [3.05, 3.63) is 53.3 Å². The van der Waals surface area contributed by atoms with Crippen molar-refractivity contribution in [3.8, 4) is 0 Å². The average molecular weight is 394 g/mol. The first-order valence-electron chi connectivity index (χ1n) is 9.58. The van der Waals surface area contributed by atoms with Gasteiger partial charge in [-0.1, -0.05) is 37.1 Å². The molecule has 1 aromatic carbocycles. The van der Waals surface area contributed by atoms with E-state index < -0.39 is 11.9 Å². The number of carbonyl (C=O) groups excluding carboxylic acids is 1. The molecule has 0 aliphatic carbocycles. The molecule has 1 fully saturated rings. The van der Waals surface area contributed by atoms with E-state index in [1.807, 2.05) is 12.1 Å². The second kappa shape index (κ2) is 9.23. The summed E-state index contributed by atoms with van der Waals surface area (Å²) in [6.07, 6.45) is 1.71. The highest BCUT2D eigenvalue weighted by atomic mass is 19.4. The fraction of sp³-hybridized carbons (Fsp3) is 0.500. The monoisotopic (exact) mass is 394 g/mol. The predicted octanol–water partition coefficient (Wildman–Crippen LogP) is 3.59. The third kappa shape index (κ3) is 6.09. The second-order valence-electron chi connectivity index (χ2n) is 7.18. The number of carbonyl (C=O) groups is 1. The highest BCUT2D eigenvalue weighted by Crippen LogP contribution is 2.27. The molecule has 1 N–H and O–H groups in total. The van der Waals surface area contributed by atoms with Gasteiger partial charge in [0, 0.05) is 19.3 Å². The Bertz CT molecular complexity index is 780. The first-order valence-corrected chi connectivity index (χ1v) is 9.58. The average Bonchev–Trinajstić information content (AvgIpc) is 2.97. The lowest BCUT2D eigenvalue weighted by atomic mass is 10.1. The van der Waals surface area contributed by atoms with Crippen LogP contribution in [-0.2, 0) is 30.6 Å². The van der Waals surface area contributed by atoms with Gasteiger partial charge in [0.25, 0.3) is 0 Å². The van der Waals surface area contributed by atoms with Crippen molar-refractivity contribution in [3.63, 3.8) is 0 Å². The molecule has 1 saturated heterocycles. The summed E-state index contributed by atoms with van der Waals surface area (Å²) in [5.41, 5.74) is 1.18. The van der Waals surface area contributed by atoms with E-state index >= 15 is 0 Å². The Labute approximate surface area is 162 Å². The van der Waals surface area contributed by atoms with E-state index in [2.05, 4.69) is 27.4 Å². The summed E-state index contributed by atoms with van der Waals surface area (Å²) in [7, 11) is 0. The Morgan fingerprint density at radius 1 is 1.07 bits per heavy atom. The van der Waals surface area contributed by atoms with Crippen LogP contribution in [0.2, 0.25) is 0 Å². The van der Waals surface area contributed by atoms with Crippen LogP contribution in [0.4, 0.5) is 13.2 Å². The molecule has 1 aromatic heterocycles. The van der Waals surface area contributed by atoms with Crippen molar-refractivity contribution in [1.82, 2.24) is 20.0 Å². The summed E-state index contributed by atoms with van der Waals surface area (Å²) in [6.45, 7) is 3.22. The maximum Gasteiger partial charge on any atom is 0.435 e. The molecule has 1 aliphatic rings. The van der Waals surface area contributed by atoms with Gasteiger partial charge in [-0.15, -0.1) is 0 Å². The standard InChI is InChI=1S/C20H25F3N4O/c21-20(22,23)18-8-11-27(25-18)15-19(28)24-13-16-6-5-7-17(12-16)14-26-9-3-1-2-4-10-26/h5-8,11-12H,1-4,9-10,13-15H2,(H,24,28). The van der Waals surface area contributed by atoms with Crippen LogP contribution in [-0.4, -0.2) is 33.7 Å². The predicted molar refractivity (Wildman–Crippen MR) is 99.3 cm³/mol. The van der Waals surface area contributed by atoms with Crippen LogP contribution in [0, 0.1) is 0 Å². The van der Waals surface area contributed by atoms with Gasteiger partial charge in [-0.05, 0) is 43.1 Å². The van der Waals surface area contributed by atoms with Crippen LogP contribution in [0.15, 0.2) is 36.5 Å². The van der Waals surface area contributed by atoms with Crippen molar-refractivity contribution in [2.45, 2.75) is 51.5 Å². The van der Waals surface area contributed by atoms with E-state index in [0.717, 1.165) is 42.1 Å². The van der Waals surface area contributed by atoms with Gasteiger partial charge in [-0.3, -0.25) is 14.4 Å². The van der Waals surface area contributed by atoms with Crippen LogP contribution in [0.3, 0.4) is 0 Å². The van der Waals surface area contributed by atoms with Gasteiger partial charge < -0.3 is 5.32 Å². The largest absolute Gasteiger partial charge is 0.435 e. The lowest BCUT2D eigenvalue weighted by Gasteiger charge is -2.20. The van der Waals surface area contributed by atoms with Gasteiger partial charge in [-0.2, -0.15) is 18.3 Å². The summed E-state index contributed by atoms with van der Waals surface area (Å²) >= 11 is 0. The summed E-state index contributed by atoms with van der Waals surface area (Å²) < 4.78 is 38.7. The van der Waals surface area contributed by atoms with E-state index in [1.54, 1.807) is 0 Å². The fourth-order valence-electron chi connectivity index (χ4n) is 3.40. The van der Waals surface area contributed by atoms with Crippen molar-refractivity contribution >= 4 is 5.91 Å². The summed E-state index contributed by atoms with van der Waals surface area (Å²) in [4.78, 5) is 14.5. The molecule has 0 bridgehead atoms. The number of hydrogen-bond acceptors (Lipinski definition) is 3. The van der Waals surface area contributed by atoms with Crippen molar-refractivity contribution < 1.29 is 18.0 Å². The number of alkyl halides is 3. The van der Waals surface area contributed by atoms with Crippen molar-refractivity contribution in [2.24, 2.45) is 0 Å². The van der Waals surface area contributed by atoms with Crippen molar-refractivity contribution in [1.29, 1.82) is 0 Å². The molecule has 0 spiro atoms. The number of amides is 1. The Balaban J connectivity index is 1.50. The van der Waals surface area contributed by atoms with Crippen LogP contribution in [0.25, 0.3) is 0 Å². The van der Waals surface area contributed by atoms with E-state index in [1.165, 1.54) is 31.2 Å². The maximum absolute atomic E-state index is 12.6. The molecule has 2 heterocycles. The van der Waals surface area contributed by atoms with Crippen molar-refractivity contribution in [2.75, 3.05) is 13.1 Å². The van der Waals surface area contributed by atoms with Gasteiger partial charge in [0.1, 0.15) is 6.54 Å². The third-order valence-electron chi connectivity index (χ3n) is 4.82. The highest BCUT2D eigenvalue weighted by molar-refractivity contribution is 5.75. The molecule has 0 unspecified atom stereocenters. The number of aromatic nitrogens is 2. The van der Waals surface area contributed by atoms with Crippen LogP contribution in [0.5, 0.6) is 0 Å². The Kier molecular flexibility index (Phi) is 6.72. The molecule has 5 nitrogen and oxygen atoms in total. The SMILES string of the molecule is O=C(Cn1ccc(C(F)(F)F)n1)NCc1cccc(CN2CCCCCC2)c1. The number of halogens is 3. The minimum Gasteiger partial charge on any atom is -0.350 e. The molecule has 28 heavy (non-hydrogen) atoms. The summed E-state index contributed by atoms with van der Waals surface area (Å²) in [6, 6.07) is 8.92. The molecule has 0 radical (unpaired) electrons. The fourth-order valence-corrected chi connectivity index (χ4v) is 3.40. The summed E-state index contributed by atoms with van der Waals surface area (Å²) in [5, 5.41) is 6.13. The zero-order valence-electron chi connectivity index (χ0n) is 15.7. The molecular formula is C20H25F3N4O. The zero-order valence-corrected chi connectivity index (χ0v) is 15.7. The second-order valence-corrected chi connectivity index (χ2v) is 7.18. The van der Waals surface area contributed by atoms with Gasteiger partial charge >= 0.3 is 6.18 Å². The van der Waals surface area contributed by atoms with E-state index in [-0.39, 0.29) is 12.5 Å². The number of likely N-dealkylation sites (tertiary alicyclic amines) is 1. The minimum atomic E-state index is -4.50. The molecule has 1 amide bonds. The Morgan fingerprint density at radius 3 is 2.46 bits per heavy atom. The van der Waals surface area contributed by atoms with Gasteiger partial charge in [-0.25, -0.2) is 0 Å². The van der Waals surface area contributed by atoms with E-state index in [9.17, 15) is 18.0 Å². The number of nitrogens with one attached hydrogen (secondary N) is 1. The number of nitrogens with zero attached hydrogens (tertiary/aromatic N) is 3. The first kappa shape index (κ1) is 20.4. The smallest absolute Gasteiger partial charge is 0.350 e. The maximum atomic E-state index is 12.6. The van der Waals surface area contributed by atoms with E-state index in [0.29, 0.717) is 6.54 Å². The normalized spacial score (nSPS) is 16.0. The van der Waals surface area contributed by atoms with E-state index in [4.69, 9.17) is 0 Å². The molecule has 152 valence electrons. The lowest BCUT2D eigenvalue weighted by molar-refractivity contribution is -0.141. The molecule has 8 heteroatoms. The third-order valence-corrected chi connectivity index (χ3v) is 4.82.